The number of nitrogens with two attached hydrogens (primary N) is 1. The van der Waals surface area contributed by atoms with E-state index in [0.717, 1.165) is 29.1 Å². The fourth-order valence-corrected chi connectivity index (χ4v) is 4.45. The number of rotatable bonds is 6. The van der Waals surface area contributed by atoms with E-state index in [2.05, 4.69) is 66.5 Å². The maximum Gasteiger partial charge on any atom is 0.586 e. The van der Waals surface area contributed by atoms with Crippen molar-refractivity contribution in [2.24, 2.45) is 5.73 Å². The molecule has 3 heterocycles. The van der Waals surface area contributed by atoms with Crippen LogP contribution in [0.2, 0.25) is 0 Å². The molecule has 0 saturated heterocycles. The fourth-order valence-electron chi connectivity index (χ4n) is 3.53. The zero-order valence-electron chi connectivity index (χ0n) is 16.4. The van der Waals surface area contributed by atoms with Crippen molar-refractivity contribution < 1.29 is 4.49 Å². The first-order valence-corrected chi connectivity index (χ1v) is 10.5. The number of allylic oxidation sites excluding steroid dienone is 2. The van der Waals surface area contributed by atoms with E-state index >= 15 is 0 Å². The van der Waals surface area contributed by atoms with E-state index in [4.69, 9.17) is 13.7 Å². The van der Waals surface area contributed by atoms with E-state index in [1.165, 1.54) is 20.9 Å². The summed E-state index contributed by atoms with van der Waals surface area (Å²) in [6.45, 7) is 2.68. The number of H-pyrrole nitrogens is 1. The molecule has 142 valence electrons. The lowest BCUT2D eigenvalue weighted by Crippen LogP contribution is -2.09. The fraction of sp³-hybridized carbons (Fsp3) is 0.125. The predicted molar refractivity (Wildman–Crippen MR) is 126 cm³/mol. The van der Waals surface area contributed by atoms with Gasteiger partial charge in [-0.3, -0.25) is 4.49 Å². The third kappa shape index (κ3) is 4.26. The van der Waals surface area contributed by atoms with E-state index < -0.39 is 0 Å². The first-order chi connectivity index (χ1) is 14.2. The summed E-state index contributed by atoms with van der Waals surface area (Å²) in [5.41, 5.74) is 12.6. The van der Waals surface area contributed by atoms with Crippen molar-refractivity contribution in [1.82, 2.24) is 4.98 Å². The zero-order valence-corrected chi connectivity index (χ0v) is 17.2. The summed E-state index contributed by atoms with van der Waals surface area (Å²) in [7, 11) is 6.08. The molecule has 0 aliphatic carbocycles. The Hall–Kier alpha value is -2.89. The van der Waals surface area contributed by atoms with Gasteiger partial charge in [0.05, 0.1) is 5.69 Å². The standard InChI is InChI=1S/C24H23BN3S/c1-17-16-19(27-24(17)21(13-14-26)22-8-5-15-28(22)25)9-10-20-11-12-23(29-20)18-6-3-2-4-7-18/h2-12,15-16,27H,13-14,26H2,1H3/q+1/b10-9+. The molecule has 4 rings (SSSR count). The lowest BCUT2D eigenvalue weighted by Gasteiger charge is -2.07. The van der Waals surface area contributed by atoms with Crippen LogP contribution in [0.3, 0.4) is 0 Å². The highest BCUT2D eigenvalue weighted by Gasteiger charge is 2.20. The van der Waals surface area contributed by atoms with Crippen LogP contribution in [0.5, 0.6) is 0 Å². The molecule has 0 bridgehead atoms. The Labute approximate surface area is 177 Å². The van der Waals surface area contributed by atoms with Crippen molar-refractivity contribution in [2.75, 3.05) is 6.54 Å². The molecule has 0 fully saturated rings. The molecule has 29 heavy (non-hydrogen) atoms. The summed E-state index contributed by atoms with van der Waals surface area (Å²) in [6, 6.07) is 17.0. The average Bonchev–Trinajstić information content (AvgIpc) is 3.46. The number of aryl methyl sites for hydroxylation is 1. The summed E-state index contributed by atoms with van der Waals surface area (Å²) < 4.78 is 1.65. The highest BCUT2D eigenvalue weighted by Crippen LogP contribution is 2.30. The Kier molecular flexibility index (Phi) is 5.79. The lowest BCUT2D eigenvalue weighted by atomic mass is 10.0. The molecule has 1 aromatic carbocycles. The van der Waals surface area contributed by atoms with E-state index in [0.29, 0.717) is 6.54 Å². The van der Waals surface area contributed by atoms with E-state index in [9.17, 15) is 0 Å². The molecular formula is C24H23BN3S+. The van der Waals surface area contributed by atoms with Crippen LogP contribution in [0.25, 0.3) is 28.2 Å². The molecule has 3 N–H and O–H groups in total. The summed E-state index contributed by atoms with van der Waals surface area (Å²) in [6.07, 6.45) is 10.9. The molecular weight excluding hydrogens is 373 g/mol. The Morgan fingerprint density at radius 2 is 2.00 bits per heavy atom. The van der Waals surface area contributed by atoms with Gasteiger partial charge in [-0.1, -0.05) is 30.3 Å². The number of nitrogens with zero attached hydrogens (tertiary/aromatic N) is 1. The Morgan fingerprint density at radius 3 is 2.72 bits per heavy atom. The molecule has 0 saturated carbocycles. The third-order valence-corrected chi connectivity index (χ3v) is 6.03. The number of aromatic nitrogens is 1. The summed E-state index contributed by atoms with van der Waals surface area (Å²) in [4.78, 5) is 6.04. The predicted octanol–water partition coefficient (Wildman–Crippen LogP) is 5.02. The van der Waals surface area contributed by atoms with Crippen LogP contribution < -0.4 is 5.73 Å². The summed E-state index contributed by atoms with van der Waals surface area (Å²) in [5.74, 6) is 0. The van der Waals surface area contributed by atoms with Gasteiger partial charge in [-0.15, -0.1) is 11.3 Å². The van der Waals surface area contributed by atoms with Crippen molar-refractivity contribution in [1.29, 1.82) is 0 Å². The van der Waals surface area contributed by atoms with Gasteiger partial charge in [0.15, 0.2) is 5.70 Å². The molecule has 1 aliphatic rings. The van der Waals surface area contributed by atoms with Gasteiger partial charge in [0.2, 0.25) is 0 Å². The van der Waals surface area contributed by atoms with Crippen LogP contribution in [-0.2, 0) is 0 Å². The minimum Gasteiger partial charge on any atom is -0.355 e. The van der Waals surface area contributed by atoms with Crippen LogP contribution in [-0.4, -0.2) is 30.2 Å². The van der Waals surface area contributed by atoms with E-state index in [-0.39, 0.29) is 0 Å². The van der Waals surface area contributed by atoms with E-state index in [1.807, 2.05) is 24.4 Å². The normalized spacial score (nSPS) is 15.3. The van der Waals surface area contributed by atoms with Crippen molar-refractivity contribution in [3.05, 3.63) is 88.2 Å². The number of hydrogen-bond acceptors (Lipinski definition) is 2. The minimum atomic E-state index is 0.571. The minimum absolute atomic E-state index is 0.571. The SMILES string of the molecule is [B][N+]1=CC=CC1=C(CCN)c1[nH]c(/C=C/c2ccc(-c3ccccc3)s2)cc1C. The second kappa shape index (κ2) is 8.64. The number of benzene rings is 1. The number of nitrogens with one attached hydrogen (secondary N) is 1. The van der Waals surface area contributed by atoms with Crippen LogP contribution in [0.15, 0.2) is 66.4 Å². The second-order valence-corrected chi connectivity index (χ2v) is 8.12. The topological polar surface area (TPSA) is 44.8 Å². The molecule has 1 aliphatic heterocycles. The first kappa shape index (κ1) is 19.4. The Morgan fingerprint density at radius 1 is 1.17 bits per heavy atom. The summed E-state index contributed by atoms with van der Waals surface area (Å²) >= 11 is 1.79. The monoisotopic (exact) mass is 396 g/mol. The van der Waals surface area contributed by atoms with Gasteiger partial charge >= 0.3 is 7.98 Å². The van der Waals surface area contributed by atoms with Gasteiger partial charge in [-0.2, -0.15) is 0 Å². The summed E-state index contributed by atoms with van der Waals surface area (Å²) in [5, 5.41) is 0. The largest absolute Gasteiger partial charge is 0.586 e. The first-order valence-electron chi connectivity index (χ1n) is 9.67. The maximum atomic E-state index is 6.08. The second-order valence-electron chi connectivity index (χ2n) is 7.00. The quantitative estimate of drug-likeness (QED) is 0.565. The van der Waals surface area contributed by atoms with Crippen LogP contribution in [0.4, 0.5) is 0 Å². The van der Waals surface area contributed by atoms with Crippen molar-refractivity contribution in [2.45, 2.75) is 13.3 Å². The van der Waals surface area contributed by atoms with Gasteiger partial charge in [-0.25, -0.2) is 0 Å². The Bertz CT molecular complexity index is 1130. The lowest BCUT2D eigenvalue weighted by molar-refractivity contribution is -0.294. The van der Waals surface area contributed by atoms with E-state index in [1.54, 1.807) is 15.8 Å². The molecule has 3 aromatic rings. The van der Waals surface area contributed by atoms with Crippen molar-refractivity contribution >= 4 is 43.3 Å². The number of aromatic amines is 1. The van der Waals surface area contributed by atoms with Crippen LogP contribution in [0.1, 0.15) is 28.2 Å². The van der Waals surface area contributed by atoms with Crippen LogP contribution in [0, 0.1) is 6.92 Å². The zero-order chi connectivity index (χ0) is 20.2. The highest BCUT2D eigenvalue weighted by molar-refractivity contribution is 7.16. The molecule has 0 atom stereocenters. The molecule has 2 radical (unpaired) electrons. The van der Waals surface area contributed by atoms with Crippen molar-refractivity contribution in [3.8, 4) is 10.4 Å². The third-order valence-electron chi connectivity index (χ3n) is 4.93. The number of hydrogen-bond donors (Lipinski definition) is 2. The van der Waals surface area contributed by atoms with Gasteiger partial charge in [-0.05, 0) is 61.4 Å². The number of thiophene rings is 1. The van der Waals surface area contributed by atoms with Crippen molar-refractivity contribution in [3.63, 3.8) is 0 Å². The highest BCUT2D eigenvalue weighted by atomic mass is 32.1. The molecule has 2 aromatic heterocycles. The smallest absolute Gasteiger partial charge is 0.355 e. The van der Waals surface area contributed by atoms with Gasteiger partial charge in [0.1, 0.15) is 6.21 Å². The maximum absolute atomic E-state index is 6.08. The molecule has 0 unspecified atom stereocenters. The Balaban J connectivity index is 1.59. The van der Waals surface area contributed by atoms with Crippen LogP contribution >= 0.6 is 11.3 Å². The molecule has 3 nitrogen and oxygen atoms in total. The molecule has 5 heteroatoms. The van der Waals surface area contributed by atoms with Gasteiger partial charge in [0.25, 0.3) is 0 Å². The van der Waals surface area contributed by atoms with Gasteiger partial charge in [0, 0.05) is 33.2 Å². The average molecular weight is 396 g/mol. The molecule has 0 spiro atoms. The molecule has 0 amide bonds. The van der Waals surface area contributed by atoms with Gasteiger partial charge < -0.3 is 10.7 Å².